The molecule has 0 aliphatic carbocycles. The minimum Gasteiger partial charge on any atom is -0.345 e. The van der Waals surface area contributed by atoms with Gasteiger partial charge in [0, 0.05) is 25.0 Å². The number of unbranched alkanes of at least 4 members (excludes halogenated alkanes) is 1. The molecule has 0 bridgehead atoms. The molecule has 1 heterocycles. The van der Waals surface area contributed by atoms with Crippen molar-refractivity contribution in [1.29, 1.82) is 0 Å². The van der Waals surface area contributed by atoms with E-state index in [9.17, 15) is 18.0 Å². The lowest BCUT2D eigenvalue weighted by atomic mass is 10.1. The van der Waals surface area contributed by atoms with E-state index in [4.69, 9.17) is 0 Å². The van der Waals surface area contributed by atoms with E-state index in [0.717, 1.165) is 30.2 Å². The number of hydrogen-bond acceptors (Lipinski definition) is 1. The molecular formula is C24H26F3N3O. The molecule has 0 atom stereocenters. The van der Waals surface area contributed by atoms with Crippen LogP contribution in [0.1, 0.15) is 36.6 Å². The van der Waals surface area contributed by atoms with Crippen molar-refractivity contribution in [1.82, 2.24) is 9.47 Å². The third-order valence-corrected chi connectivity index (χ3v) is 5.02. The summed E-state index contributed by atoms with van der Waals surface area (Å²) in [6, 6.07) is 18.3. The van der Waals surface area contributed by atoms with Gasteiger partial charge in [0.15, 0.2) is 0 Å². The number of carbonyl (C=O) groups excluding carboxylic acids is 1. The van der Waals surface area contributed by atoms with Crippen molar-refractivity contribution in [2.24, 2.45) is 0 Å². The van der Waals surface area contributed by atoms with E-state index < -0.39 is 17.8 Å². The number of hydrogen-bond donors (Lipinski definition) is 1. The SMILES string of the molecule is CCCCN(Cc1cccn1Cc1ccccc1)C(=O)Nc1ccccc1C(F)(F)F. The standard InChI is InChI=1S/C24H26F3N3O/c1-2-3-15-30(23(31)28-22-14-8-7-13-21(22)24(25,26)27)18-20-12-9-16-29(20)17-19-10-5-4-6-11-19/h4-14,16H,2-3,15,17-18H2,1H3,(H,28,31). The average molecular weight is 429 g/mol. The molecule has 3 rings (SSSR count). The van der Waals surface area contributed by atoms with E-state index in [1.807, 2.05) is 60.2 Å². The molecule has 3 aromatic rings. The van der Waals surface area contributed by atoms with Gasteiger partial charge < -0.3 is 14.8 Å². The van der Waals surface area contributed by atoms with E-state index >= 15 is 0 Å². The molecule has 2 amide bonds. The second-order valence-electron chi connectivity index (χ2n) is 7.36. The Morgan fingerprint density at radius 2 is 1.71 bits per heavy atom. The molecular weight excluding hydrogens is 403 g/mol. The van der Waals surface area contributed by atoms with Crippen molar-refractivity contribution in [3.8, 4) is 0 Å². The molecule has 0 unspecified atom stereocenters. The molecule has 0 fully saturated rings. The summed E-state index contributed by atoms with van der Waals surface area (Å²) < 4.78 is 41.9. The van der Waals surface area contributed by atoms with Gasteiger partial charge in [-0.15, -0.1) is 0 Å². The van der Waals surface area contributed by atoms with Crippen LogP contribution in [0, 0.1) is 0 Å². The van der Waals surface area contributed by atoms with Crippen molar-refractivity contribution >= 4 is 11.7 Å². The van der Waals surface area contributed by atoms with Crippen molar-refractivity contribution in [3.63, 3.8) is 0 Å². The number of halogens is 3. The first-order valence-corrected chi connectivity index (χ1v) is 10.3. The van der Waals surface area contributed by atoms with Crippen LogP contribution in [0.5, 0.6) is 0 Å². The van der Waals surface area contributed by atoms with Gasteiger partial charge in [0.25, 0.3) is 0 Å². The maximum atomic E-state index is 13.3. The minimum atomic E-state index is -4.54. The molecule has 0 saturated carbocycles. The molecule has 1 aromatic heterocycles. The van der Waals surface area contributed by atoms with E-state index in [2.05, 4.69) is 5.32 Å². The molecule has 0 aliphatic rings. The van der Waals surface area contributed by atoms with Gasteiger partial charge >= 0.3 is 12.2 Å². The zero-order chi connectivity index (χ0) is 22.3. The Morgan fingerprint density at radius 3 is 2.42 bits per heavy atom. The Bertz CT molecular complexity index is 983. The van der Waals surface area contributed by atoms with E-state index in [-0.39, 0.29) is 5.69 Å². The highest BCUT2D eigenvalue weighted by atomic mass is 19.4. The first-order chi connectivity index (χ1) is 14.9. The van der Waals surface area contributed by atoms with Gasteiger partial charge in [0.05, 0.1) is 17.8 Å². The monoisotopic (exact) mass is 429 g/mol. The van der Waals surface area contributed by atoms with E-state index in [1.165, 1.54) is 18.2 Å². The molecule has 0 saturated heterocycles. The predicted molar refractivity (Wildman–Crippen MR) is 116 cm³/mol. The fraction of sp³-hybridized carbons (Fsp3) is 0.292. The maximum Gasteiger partial charge on any atom is 0.418 e. The molecule has 1 N–H and O–H groups in total. The van der Waals surface area contributed by atoms with Crippen LogP contribution >= 0.6 is 0 Å². The van der Waals surface area contributed by atoms with Crippen LogP contribution in [0.4, 0.5) is 23.7 Å². The summed E-state index contributed by atoms with van der Waals surface area (Å²) in [4.78, 5) is 14.5. The lowest BCUT2D eigenvalue weighted by Gasteiger charge is -2.25. The second-order valence-corrected chi connectivity index (χ2v) is 7.36. The lowest BCUT2D eigenvalue weighted by molar-refractivity contribution is -0.136. The van der Waals surface area contributed by atoms with Crippen molar-refractivity contribution < 1.29 is 18.0 Å². The van der Waals surface area contributed by atoms with Gasteiger partial charge in [-0.25, -0.2) is 4.79 Å². The minimum absolute atomic E-state index is 0.235. The van der Waals surface area contributed by atoms with Gasteiger partial charge in [-0.3, -0.25) is 0 Å². The van der Waals surface area contributed by atoms with Crippen molar-refractivity contribution in [2.45, 2.75) is 39.0 Å². The third-order valence-electron chi connectivity index (χ3n) is 5.02. The summed E-state index contributed by atoms with van der Waals surface area (Å²) in [7, 11) is 0. The Morgan fingerprint density at radius 1 is 1.00 bits per heavy atom. The lowest BCUT2D eigenvalue weighted by Crippen LogP contribution is -2.36. The number of nitrogens with one attached hydrogen (secondary N) is 1. The fourth-order valence-corrected chi connectivity index (χ4v) is 3.36. The van der Waals surface area contributed by atoms with Crippen molar-refractivity contribution in [2.75, 3.05) is 11.9 Å². The van der Waals surface area contributed by atoms with E-state index in [1.54, 1.807) is 4.90 Å². The van der Waals surface area contributed by atoms with Crippen LogP contribution in [-0.2, 0) is 19.3 Å². The molecule has 0 aliphatic heterocycles. The highest BCUT2D eigenvalue weighted by Crippen LogP contribution is 2.34. The van der Waals surface area contributed by atoms with Gasteiger partial charge in [-0.1, -0.05) is 55.8 Å². The molecule has 2 aromatic carbocycles. The van der Waals surface area contributed by atoms with Crippen molar-refractivity contribution in [3.05, 3.63) is 89.7 Å². The number of benzene rings is 2. The first-order valence-electron chi connectivity index (χ1n) is 10.3. The predicted octanol–water partition coefficient (Wildman–Crippen LogP) is 6.39. The molecule has 4 nitrogen and oxygen atoms in total. The molecule has 164 valence electrons. The summed E-state index contributed by atoms with van der Waals surface area (Å²) >= 11 is 0. The zero-order valence-corrected chi connectivity index (χ0v) is 17.4. The van der Waals surface area contributed by atoms with Crippen LogP contribution < -0.4 is 5.32 Å². The Labute approximate surface area is 180 Å². The Kier molecular flexibility index (Phi) is 7.39. The number of amides is 2. The average Bonchev–Trinajstić information content (AvgIpc) is 3.18. The number of para-hydroxylation sites is 1. The number of carbonyl (C=O) groups is 1. The first kappa shape index (κ1) is 22.5. The number of rotatable bonds is 8. The molecule has 7 heteroatoms. The second kappa shape index (κ2) is 10.2. The number of urea groups is 1. The maximum absolute atomic E-state index is 13.3. The van der Waals surface area contributed by atoms with Gasteiger partial charge in [-0.2, -0.15) is 13.2 Å². The van der Waals surface area contributed by atoms with E-state index in [0.29, 0.717) is 19.6 Å². The highest BCUT2D eigenvalue weighted by Gasteiger charge is 2.34. The topological polar surface area (TPSA) is 37.3 Å². The highest BCUT2D eigenvalue weighted by molar-refractivity contribution is 5.90. The number of nitrogens with zero attached hydrogens (tertiary/aromatic N) is 2. The number of anilines is 1. The number of aromatic nitrogens is 1. The quantitative estimate of drug-likeness (QED) is 0.443. The Balaban J connectivity index is 1.78. The summed E-state index contributed by atoms with van der Waals surface area (Å²) in [5.74, 6) is 0. The Hall–Kier alpha value is -3.22. The van der Waals surface area contributed by atoms with Gasteiger partial charge in [-0.05, 0) is 36.2 Å². The smallest absolute Gasteiger partial charge is 0.345 e. The normalized spacial score (nSPS) is 11.4. The number of alkyl halides is 3. The van der Waals surface area contributed by atoms with Crippen LogP contribution in [0.3, 0.4) is 0 Å². The molecule has 31 heavy (non-hydrogen) atoms. The van der Waals surface area contributed by atoms with Crippen LogP contribution in [0.15, 0.2) is 72.9 Å². The third kappa shape index (κ3) is 6.13. The van der Waals surface area contributed by atoms with Crippen LogP contribution in [-0.4, -0.2) is 22.0 Å². The van der Waals surface area contributed by atoms with Gasteiger partial charge in [0.2, 0.25) is 0 Å². The van der Waals surface area contributed by atoms with Crippen LogP contribution in [0.25, 0.3) is 0 Å². The zero-order valence-electron chi connectivity index (χ0n) is 17.4. The summed E-state index contributed by atoms with van der Waals surface area (Å²) in [5.41, 5.74) is 0.954. The molecule has 0 spiro atoms. The molecule has 0 radical (unpaired) electrons. The van der Waals surface area contributed by atoms with Gasteiger partial charge in [0.1, 0.15) is 0 Å². The largest absolute Gasteiger partial charge is 0.418 e. The summed E-state index contributed by atoms with van der Waals surface area (Å²) in [6.45, 7) is 3.42. The van der Waals surface area contributed by atoms with Crippen LogP contribution in [0.2, 0.25) is 0 Å². The summed E-state index contributed by atoms with van der Waals surface area (Å²) in [5, 5.41) is 2.47. The summed E-state index contributed by atoms with van der Waals surface area (Å²) in [6.07, 6.45) is -0.971. The fourth-order valence-electron chi connectivity index (χ4n) is 3.36.